The van der Waals surface area contributed by atoms with Gasteiger partial charge in [-0.15, -0.1) is 0 Å². The smallest absolute Gasteiger partial charge is 0.408 e. The number of carbonyl (C=O) groups is 3. The fraction of sp³-hybridized carbons (Fsp3) is 0.273. The first-order valence-electron chi connectivity index (χ1n) is 9.42. The number of amides is 2. The molecule has 31 heavy (non-hydrogen) atoms. The normalized spacial score (nSPS) is 12.0. The number of ether oxygens (including phenoxy) is 2. The van der Waals surface area contributed by atoms with Crippen molar-refractivity contribution in [1.82, 2.24) is 10.6 Å². The molecular formula is C22H23N3O6. The van der Waals surface area contributed by atoms with Gasteiger partial charge in [-0.25, -0.2) is 9.59 Å². The fourth-order valence-electron chi connectivity index (χ4n) is 2.71. The minimum Gasteiger partial charge on any atom is -0.467 e. The minimum atomic E-state index is -1.33. The SMILES string of the molecule is COC(=O)[C@@H](Cc1cccc(C#N)c1)NC(=O)[C@H](CO)NC(=O)OCc1ccccc1. The van der Waals surface area contributed by atoms with Crippen LogP contribution in [0.5, 0.6) is 0 Å². The molecule has 9 heteroatoms. The lowest BCUT2D eigenvalue weighted by Gasteiger charge is -2.21. The molecule has 162 valence electrons. The van der Waals surface area contributed by atoms with E-state index in [2.05, 4.69) is 10.6 Å². The first kappa shape index (κ1) is 23.4. The molecule has 2 atom stereocenters. The molecular weight excluding hydrogens is 402 g/mol. The van der Waals surface area contributed by atoms with Crippen LogP contribution in [0.1, 0.15) is 16.7 Å². The zero-order valence-electron chi connectivity index (χ0n) is 16.9. The van der Waals surface area contributed by atoms with Crippen molar-refractivity contribution in [2.75, 3.05) is 13.7 Å². The first-order valence-corrected chi connectivity index (χ1v) is 9.42. The lowest BCUT2D eigenvalue weighted by atomic mass is 10.0. The summed E-state index contributed by atoms with van der Waals surface area (Å²) in [6, 6.07) is 15.1. The molecule has 0 spiro atoms. The summed E-state index contributed by atoms with van der Waals surface area (Å²) in [6.07, 6.45) is -0.834. The molecule has 2 aromatic carbocycles. The maximum atomic E-state index is 12.5. The predicted molar refractivity (Wildman–Crippen MR) is 109 cm³/mol. The fourth-order valence-corrected chi connectivity index (χ4v) is 2.71. The second-order valence-corrected chi connectivity index (χ2v) is 6.54. The van der Waals surface area contributed by atoms with E-state index in [1.165, 1.54) is 7.11 Å². The number of esters is 1. The molecule has 2 aromatic rings. The maximum absolute atomic E-state index is 12.5. The van der Waals surface area contributed by atoms with Crippen LogP contribution in [0.3, 0.4) is 0 Å². The summed E-state index contributed by atoms with van der Waals surface area (Å²) in [5.41, 5.74) is 1.79. The Balaban J connectivity index is 1.98. The van der Waals surface area contributed by atoms with E-state index >= 15 is 0 Å². The Labute approximate surface area is 179 Å². The van der Waals surface area contributed by atoms with E-state index in [4.69, 9.17) is 14.7 Å². The Kier molecular flexibility index (Phi) is 9.01. The standard InChI is InChI=1S/C22H23N3O6/c1-30-21(28)18(11-16-8-5-9-17(10-16)12-23)24-20(27)19(13-26)25-22(29)31-14-15-6-3-2-4-7-15/h2-10,18-19,26H,11,13-14H2,1H3,(H,24,27)(H,25,29)/t18-,19+/m1/s1. The third kappa shape index (κ3) is 7.45. The number of alkyl carbamates (subject to hydrolysis) is 1. The third-order valence-electron chi connectivity index (χ3n) is 4.30. The Bertz CT molecular complexity index is 942. The molecule has 2 amide bonds. The minimum absolute atomic E-state index is 0.00748. The molecule has 0 saturated carbocycles. The van der Waals surface area contributed by atoms with E-state index in [0.29, 0.717) is 11.1 Å². The van der Waals surface area contributed by atoms with Gasteiger partial charge >= 0.3 is 12.1 Å². The molecule has 0 aliphatic heterocycles. The van der Waals surface area contributed by atoms with Gasteiger partial charge in [0.15, 0.2) is 0 Å². The number of rotatable bonds is 9. The molecule has 2 rings (SSSR count). The van der Waals surface area contributed by atoms with Gasteiger partial charge in [-0.05, 0) is 23.3 Å². The van der Waals surface area contributed by atoms with Gasteiger partial charge < -0.3 is 25.2 Å². The highest BCUT2D eigenvalue weighted by atomic mass is 16.5. The van der Waals surface area contributed by atoms with Crippen molar-refractivity contribution in [2.45, 2.75) is 25.1 Å². The third-order valence-corrected chi connectivity index (χ3v) is 4.30. The predicted octanol–water partition coefficient (Wildman–Crippen LogP) is 1.05. The van der Waals surface area contributed by atoms with Crippen LogP contribution in [0.25, 0.3) is 0 Å². The van der Waals surface area contributed by atoms with Crippen LogP contribution in [0, 0.1) is 11.3 Å². The summed E-state index contributed by atoms with van der Waals surface area (Å²) < 4.78 is 9.77. The van der Waals surface area contributed by atoms with Crippen LogP contribution in [0.2, 0.25) is 0 Å². The van der Waals surface area contributed by atoms with Gasteiger partial charge in [-0.3, -0.25) is 4.79 Å². The summed E-state index contributed by atoms with van der Waals surface area (Å²) in [6.45, 7) is -0.712. The maximum Gasteiger partial charge on any atom is 0.408 e. The summed E-state index contributed by atoms with van der Waals surface area (Å²) in [4.78, 5) is 36.6. The zero-order chi connectivity index (χ0) is 22.6. The first-order chi connectivity index (χ1) is 15.0. The van der Waals surface area contributed by atoms with Gasteiger partial charge in [0.25, 0.3) is 0 Å². The molecule has 0 aromatic heterocycles. The summed E-state index contributed by atoms with van der Waals surface area (Å²) in [7, 11) is 1.18. The van der Waals surface area contributed by atoms with Crippen molar-refractivity contribution in [3.05, 3.63) is 71.3 Å². The number of aliphatic hydroxyl groups excluding tert-OH is 1. The molecule has 3 N–H and O–H groups in total. The van der Waals surface area contributed by atoms with Crippen LogP contribution < -0.4 is 10.6 Å². The second kappa shape index (κ2) is 11.9. The number of nitriles is 1. The number of benzene rings is 2. The Hall–Kier alpha value is -3.90. The molecule has 0 unspecified atom stereocenters. The Morgan fingerprint density at radius 2 is 1.74 bits per heavy atom. The second-order valence-electron chi connectivity index (χ2n) is 6.54. The topological polar surface area (TPSA) is 138 Å². The molecule has 0 radical (unpaired) electrons. The van der Waals surface area contributed by atoms with Crippen molar-refractivity contribution in [2.24, 2.45) is 0 Å². The number of carbonyl (C=O) groups excluding carboxylic acids is 3. The van der Waals surface area contributed by atoms with Gasteiger partial charge in [0.05, 0.1) is 25.3 Å². The van der Waals surface area contributed by atoms with E-state index < -0.39 is 36.7 Å². The Morgan fingerprint density at radius 1 is 1.03 bits per heavy atom. The van der Waals surface area contributed by atoms with Crippen molar-refractivity contribution in [3.63, 3.8) is 0 Å². The highest BCUT2D eigenvalue weighted by Gasteiger charge is 2.27. The highest BCUT2D eigenvalue weighted by molar-refractivity contribution is 5.89. The summed E-state index contributed by atoms with van der Waals surface area (Å²) in [5, 5.41) is 23.2. The van der Waals surface area contributed by atoms with Crippen LogP contribution in [0.15, 0.2) is 54.6 Å². The molecule has 0 heterocycles. The summed E-state index contributed by atoms with van der Waals surface area (Å²) in [5.74, 6) is -1.50. The highest BCUT2D eigenvalue weighted by Crippen LogP contribution is 2.09. The molecule has 0 aliphatic carbocycles. The Morgan fingerprint density at radius 3 is 2.39 bits per heavy atom. The van der Waals surface area contributed by atoms with Crippen LogP contribution >= 0.6 is 0 Å². The van der Waals surface area contributed by atoms with Gasteiger partial charge in [0, 0.05) is 6.42 Å². The number of nitrogens with one attached hydrogen (secondary N) is 2. The van der Waals surface area contributed by atoms with E-state index in [9.17, 15) is 19.5 Å². The van der Waals surface area contributed by atoms with Crippen molar-refractivity contribution in [3.8, 4) is 6.07 Å². The average Bonchev–Trinajstić information content (AvgIpc) is 2.80. The molecule has 0 saturated heterocycles. The summed E-state index contributed by atoms with van der Waals surface area (Å²) >= 11 is 0. The van der Waals surface area contributed by atoms with Gasteiger partial charge in [-0.1, -0.05) is 42.5 Å². The van der Waals surface area contributed by atoms with Gasteiger partial charge in [0.2, 0.25) is 5.91 Å². The van der Waals surface area contributed by atoms with Crippen LogP contribution in [-0.2, 0) is 32.1 Å². The largest absolute Gasteiger partial charge is 0.467 e. The van der Waals surface area contributed by atoms with Crippen molar-refractivity contribution in [1.29, 1.82) is 5.26 Å². The van der Waals surface area contributed by atoms with Crippen LogP contribution in [-0.4, -0.2) is 48.9 Å². The van der Waals surface area contributed by atoms with Crippen molar-refractivity contribution >= 4 is 18.0 Å². The molecule has 0 fully saturated rings. The van der Waals surface area contributed by atoms with Gasteiger partial charge in [0.1, 0.15) is 18.7 Å². The average molecular weight is 425 g/mol. The number of hydrogen-bond acceptors (Lipinski definition) is 7. The van der Waals surface area contributed by atoms with Crippen molar-refractivity contribution < 1.29 is 29.0 Å². The molecule has 0 bridgehead atoms. The van der Waals surface area contributed by atoms with E-state index in [1.54, 1.807) is 48.5 Å². The van der Waals surface area contributed by atoms with Gasteiger partial charge in [-0.2, -0.15) is 5.26 Å². The van der Waals surface area contributed by atoms with Crippen LogP contribution in [0.4, 0.5) is 4.79 Å². The number of nitrogens with zero attached hydrogens (tertiary/aromatic N) is 1. The molecule has 9 nitrogen and oxygen atoms in total. The van der Waals surface area contributed by atoms with E-state index in [1.807, 2.05) is 12.1 Å². The van der Waals surface area contributed by atoms with E-state index in [0.717, 1.165) is 5.56 Å². The number of aliphatic hydroxyl groups is 1. The monoisotopic (exact) mass is 425 g/mol. The van der Waals surface area contributed by atoms with E-state index in [-0.39, 0.29) is 13.0 Å². The quantitative estimate of drug-likeness (QED) is 0.511. The number of hydrogen-bond donors (Lipinski definition) is 3. The number of methoxy groups -OCH3 is 1. The lowest BCUT2D eigenvalue weighted by Crippen LogP contribution is -2.54. The lowest BCUT2D eigenvalue weighted by molar-refractivity contribution is -0.145. The molecule has 0 aliphatic rings. The zero-order valence-corrected chi connectivity index (χ0v) is 16.9.